The van der Waals surface area contributed by atoms with Crippen molar-refractivity contribution in [1.29, 1.82) is 0 Å². The van der Waals surface area contributed by atoms with Crippen molar-refractivity contribution in [3.63, 3.8) is 0 Å². The Hall–Kier alpha value is -3.09. The molecule has 4 nitrogen and oxygen atoms in total. The minimum Gasteiger partial charge on any atom is -0.463 e. The van der Waals surface area contributed by atoms with Crippen LogP contribution in [-0.4, -0.2) is 18.5 Å². The third-order valence-corrected chi connectivity index (χ3v) is 4.11. The molecule has 0 atom stereocenters. The number of halogens is 3. The van der Waals surface area contributed by atoms with Crippen LogP contribution in [0.5, 0.6) is 0 Å². The van der Waals surface area contributed by atoms with E-state index in [0.717, 1.165) is 12.1 Å². The molecular weight excluding hydrogens is 359 g/mol. The fourth-order valence-electron chi connectivity index (χ4n) is 2.93. The summed E-state index contributed by atoms with van der Waals surface area (Å²) in [4.78, 5) is 26.2. The number of amides is 1. The molecule has 0 saturated carbocycles. The van der Waals surface area contributed by atoms with Gasteiger partial charge in [0.1, 0.15) is 0 Å². The summed E-state index contributed by atoms with van der Waals surface area (Å²) >= 11 is 0. The lowest BCUT2D eigenvalue weighted by Crippen LogP contribution is -2.24. The molecule has 0 bridgehead atoms. The summed E-state index contributed by atoms with van der Waals surface area (Å²) in [6.45, 7) is 1.81. The highest BCUT2D eigenvalue weighted by atomic mass is 19.4. The normalized spacial score (nSPS) is 14.7. The van der Waals surface area contributed by atoms with Crippen molar-refractivity contribution >= 4 is 23.3 Å². The Morgan fingerprint density at radius 2 is 1.70 bits per heavy atom. The largest absolute Gasteiger partial charge is 0.463 e. The summed E-state index contributed by atoms with van der Waals surface area (Å²) in [6, 6.07) is 13.0. The maximum absolute atomic E-state index is 12.8. The monoisotopic (exact) mass is 375 g/mol. The van der Waals surface area contributed by atoms with E-state index in [1.165, 1.54) is 17.0 Å². The first-order chi connectivity index (χ1) is 12.8. The number of rotatable bonds is 4. The first kappa shape index (κ1) is 18.7. The van der Waals surface area contributed by atoms with Crippen molar-refractivity contribution in [3.8, 4) is 0 Å². The number of esters is 1. The van der Waals surface area contributed by atoms with E-state index in [0.29, 0.717) is 11.3 Å². The van der Waals surface area contributed by atoms with Gasteiger partial charge in [-0.2, -0.15) is 13.2 Å². The zero-order chi connectivity index (χ0) is 19.6. The number of carbonyl (C=O) groups is 2. The average molecular weight is 375 g/mol. The molecule has 0 N–H and O–H groups in total. The fourth-order valence-corrected chi connectivity index (χ4v) is 2.93. The number of hydrogen-bond acceptors (Lipinski definition) is 3. The molecule has 1 heterocycles. The van der Waals surface area contributed by atoms with Gasteiger partial charge in [0.2, 0.25) is 5.91 Å². The second kappa shape index (κ2) is 7.26. The number of alkyl halides is 3. The van der Waals surface area contributed by atoms with Crippen LogP contribution in [0, 0.1) is 0 Å². The van der Waals surface area contributed by atoms with Crippen LogP contribution in [0.25, 0.3) is 5.70 Å². The maximum Gasteiger partial charge on any atom is 0.416 e. The van der Waals surface area contributed by atoms with Crippen molar-refractivity contribution in [3.05, 3.63) is 71.3 Å². The lowest BCUT2D eigenvalue weighted by molar-refractivity contribution is -0.139. The van der Waals surface area contributed by atoms with Crippen molar-refractivity contribution in [2.24, 2.45) is 0 Å². The molecule has 1 aliphatic heterocycles. The van der Waals surface area contributed by atoms with Gasteiger partial charge in [0, 0.05) is 5.69 Å². The highest BCUT2D eigenvalue weighted by molar-refractivity contribution is 6.19. The van der Waals surface area contributed by atoms with Gasteiger partial charge in [-0.1, -0.05) is 30.3 Å². The number of ether oxygens (including phenoxy) is 1. The molecule has 140 valence electrons. The first-order valence-corrected chi connectivity index (χ1v) is 8.29. The number of benzene rings is 2. The zero-order valence-electron chi connectivity index (χ0n) is 14.4. The molecule has 7 heteroatoms. The molecule has 0 aromatic heterocycles. The number of hydrogen-bond donors (Lipinski definition) is 0. The van der Waals surface area contributed by atoms with Crippen molar-refractivity contribution in [2.75, 3.05) is 11.5 Å². The van der Waals surface area contributed by atoms with Crippen LogP contribution in [0.4, 0.5) is 18.9 Å². The SMILES string of the molecule is CCOC(=O)C1=C(c2ccccc2)N(c2ccc(C(F)(F)F)cc2)C(=O)C1. The second-order valence-electron chi connectivity index (χ2n) is 5.86. The van der Waals surface area contributed by atoms with Gasteiger partial charge in [-0.15, -0.1) is 0 Å². The minimum atomic E-state index is -4.47. The third kappa shape index (κ3) is 3.72. The summed E-state index contributed by atoms with van der Waals surface area (Å²) in [7, 11) is 0. The molecule has 2 aromatic carbocycles. The minimum absolute atomic E-state index is 0.152. The number of anilines is 1. The summed E-state index contributed by atoms with van der Waals surface area (Å²) in [6.07, 6.45) is -4.65. The van der Waals surface area contributed by atoms with Crippen molar-refractivity contribution in [2.45, 2.75) is 19.5 Å². The van der Waals surface area contributed by atoms with Gasteiger partial charge >= 0.3 is 12.1 Å². The lowest BCUT2D eigenvalue weighted by atomic mass is 10.1. The van der Waals surface area contributed by atoms with Crippen LogP contribution < -0.4 is 4.90 Å². The van der Waals surface area contributed by atoms with E-state index < -0.39 is 23.6 Å². The number of carbonyl (C=O) groups excluding carboxylic acids is 2. The van der Waals surface area contributed by atoms with Crippen LogP contribution >= 0.6 is 0 Å². The Balaban J connectivity index is 2.09. The molecule has 1 amide bonds. The average Bonchev–Trinajstić information content (AvgIpc) is 2.99. The highest BCUT2D eigenvalue weighted by Gasteiger charge is 2.37. The van der Waals surface area contributed by atoms with Gasteiger partial charge in [0.25, 0.3) is 0 Å². The Labute approximate surface area is 153 Å². The predicted molar refractivity (Wildman–Crippen MR) is 93.5 cm³/mol. The predicted octanol–water partition coefficient (Wildman–Crippen LogP) is 4.42. The van der Waals surface area contributed by atoms with Crippen LogP contribution in [0.15, 0.2) is 60.2 Å². The Morgan fingerprint density at radius 3 is 2.26 bits per heavy atom. The summed E-state index contributed by atoms with van der Waals surface area (Å²) in [5, 5.41) is 0. The standard InChI is InChI=1S/C20H16F3NO3/c1-2-27-19(26)16-12-17(25)24(18(16)13-6-4-3-5-7-13)15-10-8-14(9-11-15)20(21,22)23/h3-11H,2,12H2,1H3. The summed E-state index contributed by atoms with van der Waals surface area (Å²) < 4.78 is 43.5. The first-order valence-electron chi connectivity index (χ1n) is 8.29. The van der Waals surface area contributed by atoms with E-state index in [9.17, 15) is 22.8 Å². The quantitative estimate of drug-likeness (QED) is 0.744. The van der Waals surface area contributed by atoms with E-state index in [1.807, 2.05) is 0 Å². The molecule has 2 aromatic rings. The van der Waals surface area contributed by atoms with Gasteiger partial charge in [-0.05, 0) is 36.8 Å². The van der Waals surface area contributed by atoms with Crippen LogP contribution in [0.2, 0.25) is 0 Å². The van der Waals surface area contributed by atoms with E-state index in [4.69, 9.17) is 4.74 Å². The van der Waals surface area contributed by atoms with Gasteiger partial charge in [0.15, 0.2) is 0 Å². The van der Waals surface area contributed by atoms with Gasteiger partial charge < -0.3 is 4.74 Å². The summed E-state index contributed by atoms with van der Waals surface area (Å²) in [5.41, 5.74) is 0.568. The van der Waals surface area contributed by atoms with E-state index >= 15 is 0 Å². The van der Waals surface area contributed by atoms with Crippen LogP contribution in [0.3, 0.4) is 0 Å². The van der Waals surface area contributed by atoms with E-state index in [-0.39, 0.29) is 24.3 Å². The van der Waals surface area contributed by atoms with Crippen molar-refractivity contribution in [1.82, 2.24) is 0 Å². The molecule has 27 heavy (non-hydrogen) atoms. The van der Waals surface area contributed by atoms with Gasteiger partial charge in [-0.25, -0.2) is 4.79 Å². The maximum atomic E-state index is 12.8. The summed E-state index contributed by atoms with van der Waals surface area (Å²) in [5.74, 6) is -1.02. The topological polar surface area (TPSA) is 46.6 Å². The van der Waals surface area contributed by atoms with E-state index in [2.05, 4.69) is 0 Å². The molecule has 1 aliphatic rings. The molecular formula is C20H16F3NO3. The zero-order valence-corrected chi connectivity index (χ0v) is 14.4. The third-order valence-electron chi connectivity index (χ3n) is 4.11. The molecule has 0 saturated heterocycles. The van der Waals surface area contributed by atoms with Gasteiger partial charge in [-0.3, -0.25) is 9.69 Å². The highest BCUT2D eigenvalue weighted by Crippen LogP contribution is 2.38. The van der Waals surface area contributed by atoms with E-state index in [1.54, 1.807) is 37.3 Å². The molecule has 0 unspecified atom stereocenters. The Morgan fingerprint density at radius 1 is 1.07 bits per heavy atom. The molecule has 0 radical (unpaired) electrons. The smallest absolute Gasteiger partial charge is 0.416 e. The van der Waals surface area contributed by atoms with Crippen molar-refractivity contribution < 1.29 is 27.5 Å². The molecule has 0 aliphatic carbocycles. The Bertz CT molecular complexity index is 887. The second-order valence-corrected chi connectivity index (χ2v) is 5.86. The van der Waals surface area contributed by atoms with Gasteiger partial charge in [0.05, 0.1) is 29.9 Å². The van der Waals surface area contributed by atoms with Crippen LogP contribution in [0.1, 0.15) is 24.5 Å². The van der Waals surface area contributed by atoms with Crippen LogP contribution in [-0.2, 0) is 20.5 Å². The number of nitrogens with zero attached hydrogens (tertiary/aromatic N) is 1. The molecule has 0 fully saturated rings. The molecule has 0 spiro atoms. The Kier molecular flexibility index (Phi) is 5.03. The molecule has 3 rings (SSSR count). The lowest BCUT2D eigenvalue weighted by Gasteiger charge is -2.22. The fraction of sp³-hybridized carbons (Fsp3) is 0.200.